The number of benzene rings is 1. The maximum atomic E-state index is 12.6. The first-order valence-corrected chi connectivity index (χ1v) is 8.68. The highest BCUT2D eigenvalue weighted by Gasteiger charge is 2.41. The SMILES string of the molecule is CC(C)(C)N1C(=O)c2ccc(NC(=O)Nc3cc(Br)ccn3)cc2C1=O. The number of rotatable bonds is 2. The van der Waals surface area contributed by atoms with Crippen LogP contribution < -0.4 is 10.6 Å². The van der Waals surface area contributed by atoms with Crippen LogP contribution in [0.3, 0.4) is 0 Å². The number of urea groups is 1. The van der Waals surface area contributed by atoms with Crippen LogP contribution in [0.5, 0.6) is 0 Å². The molecule has 0 saturated carbocycles. The lowest BCUT2D eigenvalue weighted by molar-refractivity contribution is 0.0507. The molecule has 0 bridgehead atoms. The van der Waals surface area contributed by atoms with Gasteiger partial charge in [-0.15, -0.1) is 0 Å². The van der Waals surface area contributed by atoms with Gasteiger partial charge >= 0.3 is 6.03 Å². The maximum absolute atomic E-state index is 12.6. The molecular weight excluding hydrogens is 400 g/mol. The van der Waals surface area contributed by atoms with Gasteiger partial charge in [0.05, 0.1) is 11.1 Å². The van der Waals surface area contributed by atoms with Gasteiger partial charge in [-0.1, -0.05) is 15.9 Å². The molecule has 0 saturated heterocycles. The summed E-state index contributed by atoms with van der Waals surface area (Å²) in [5, 5.41) is 5.24. The fourth-order valence-electron chi connectivity index (χ4n) is 2.68. The van der Waals surface area contributed by atoms with E-state index in [4.69, 9.17) is 0 Å². The summed E-state index contributed by atoms with van der Waals surface area (Å²) < 4.78 is 0.784. The van der Waals surface area contributed by atoms with Gasteiger partial charge < -0.3 is 5.32 Å². The second kappa shape index (κ2) is 6.53. The number of imide groups is 1. The van der Waals surface area contributed by atoms with Crippen LogP contribution in [0.2, 0.25) is 0 Å². The van der Waals surface area contributed by atoms with Crippen LogP contribution in [-0.2, 0) is 0 Å². The third-order valence-corrected chi connectivity index (χ3v) is 4.27. The zero-order valence-corrected chi connectivity index (χ0v) is 16.0. The largest absolute Gasteiger partial charge is 0.324 e. The minimum Gasteiger partial charge on any atom is -0.308 e. The van der Waals surface area contributed by atoms with E-state index in [1.165, 1.54) is 11.0 Å². The molecule has 0 unspecified atom stereocenters. The van der Waals surface area contributed by atoms with E-state index in [9.17, 15) is 14.4 Å². The number of anilines is 2. The van der Waals surface area contributed by atoms with Gasteiger partial charge in [-0.05, 0) is 51.1 Å². The smallest absolute Gasteiger partial charge is 0.308 e. The lowest BCUT2D eigenvalue weighted by Crippen LogP contribution is -2.45. The van der Waals surface area contributed by atoms with Crippen molar-refractivity contribution in [3.8, 4) is 0 Å². The predicted octanol–water partition coefficient (Wildman–Crippen LogP) is 3.88. The van der Waals surface area contributed by atoms with E-state index < -0.39 is 11.6 Å². The highest BCUT2D eigenvalue weighted by atomic mass is 79.9. The number of halogens is 1. The van der Waals surface area contributed by atoms with E-state index in [0.29, 0.717) is 17.1 Å². The topological polar surface area (TPSA) is 91.4 Å². The van der Waals surface area contributed by atoms with Crippen LogP contribution in [0.25, 0.3) is 0 Å². The second-order valence-electron chi connectivity index (χ2n) is 6.82. The average Bonchev–Trinajstić information content (AvgIpc) is 2.78. The van der Waals surface area contributed by atoms with Crippen molar-refractivity contribution in [1.29, 1.82) is 0 Å². The van der Waals surface area contributed by atoms with E-state index in [0.717, 1.165) is 4.47 Å². The Morgan fingerprint density at radius 1 is 1.04 bits per heavy atom. The number of fused-ring (bicyclic) bond motifs is 1. The van der Waals surface area contributed by atoms with E-state index >= 15 is 0 Å². The first kappa shape index (κ1) is 18.1. The van der Waals surface area contributed by atoms with Crippen molar-refractivity contribution in [1.82, 2.24) is 9.88 Å². The van der Waals surface area contributed by atoms with Crippen LogP contribution in [0.4, 0.5) is 16.3 Å². The van der Waals surface area contributed by atoms with Crippen LogP contribution in [-0.4, -0.2) is 33.3 Å². The monoisotopic (exact) mass is 416 g/mol. The van der Waals surface area contributed by atoms with Gasteiger partial charge in [0.2, 0.25) is 0 Å². The molecule has 0 aliphatic carbocycles. The number of nitrogens with zero attached hydrogens (tertiary/aromatic N) is 2. The number of nitrogens with one attached hydrogen (secondary N) is 2. The number of hydrogen-bond donors (Lipinski definition) is 2. The summed E-state index contributed by atoms with van der Waals surface area (Å²) in [6.07, 6.45) is 1.56. The minimum absolute atomic E-state index is 0.281. The summed E-state index contributed by atoms with van der Waals surface area (Å²) in [6.45, 7) is 5.39. The standard InChI is InChI=1S/C18H17BrN4O3/c1-18(2,3)23-15(24)12-5-4-11(9-13(12)16(23)25)21-17(26)22-14-8-10(19)6-7-20-14/h4-9H,1-3H3,(H2,20,21,22,26). The summed E-state index contributed by atoms with van der Waals surface area (Å²) >= 11 is 3.30. The summed E-state index contributed by atoms with van der Waals surface area (Å²) in [4.78, 5) is 42.4. The van der Waals surface area contributed by atoms with Gasteiger partial charge in [-0.3, -0.25) is 19.8 Å². The average molecular weight is 417 g/mol. The molecule has 1 aromatic heterocycles. The zero-order valence-electron chi connectivity index (χ0n) is 14.5. The van der Waals surface area contributed by atoms with Gasteiger partial charge in [0.25, 0.3) is 11.8 Å². The van der Waals surface area contributed by atoms with Gasteiger partial charge in [-0.25, -0.2) is 9.78 Å². The number of pyridine rings is 1. The van der Waals surface area contributed by atoms with E-state index in [1.807, 2.05) is 0 Å². The fourth-order valence-corrected chi connectivity index (χ4v) is 3.01. The molecule has 2 N–H and O–H groups in total. The van der Waals surface area contributed by atoms with Crippen LogP contribution >= 0.6 is 15.9 Å². The quantitative estimate of drug-likeness (QED) is 0.726. The molecule has 0 atom stereocenters. The lowest BCUT2D eigenvalue weighted by atomic mass is 10.1. The van der Waals surface area contributed by atoms with Crippen molar-refractivity contribution in [3.63, 3.8) is 0 Å². The Hall–Kier alpha value is -2.74. The van der Waals surface area contributed by atoms with Crippen LogP contribution in [0, 0.1) is 0 Å². The Kier molecular flexibility index (Phi) is 4.53. The van der Waals surface area contributed by atoms with Crippen LogP contribution in [0.1, 0.15) is 41.5 Å². The first-order chi connectivity index (χ1) is 12.2. The summed E-state index contributed by atoms with van der Waals surface area (Å²) in [6, 6.07) is 7.55. The molecule has 0 fully saturated rings. The van der Waals surface area contributed by atoms with Crippen molar-refractivity contribution in [2.45, 2.75) is 26.3 Å². The molecule has 1 aliphatic heterocycles. The molecule has 2 aromatic rings. The third kappa shape index (κ3) is 3.45. The molecule has 3 rings (SSSR count). The molecule has 7 nitrogen and oxygen atoms in total. The summed E-state index contributed by atoms with van der Waals surface area (Å²) in [5.41, 5.74) is 0.408. The fraction of sp³-hybridized carbons (Fsp3) is 0.222. The molecule has 1 aliphatic rings. The summed E-state index contributed by atoms with van der Waals surface area (Å²) in [5.74, 6) is -0.315. The molecule has 134 valence electrons. The Morgan fingerprint density at radius 2 is 1.73 bits per heavy atom. The molecule has 1 aromatic carbocycles. The molecule has 4 amide bonds. The van der Waals surface area contributed by atoms with Gasteiger partial charge in [-0.2, -0.15) is 0 Å². The van der Waals surface area contributed by atoms with Gasteiger partial charge in [0, 0.05) is 21.9 Å². The molecule has 8 heteroatoms. The zero-order chi connectivity index (χ0) is 19.1. The minimum atomic E-state index is -0.621. The number of aromatic nitrogens is 1. The Morgan fingerprint density at radius 3 is 2.38 bits per heavy atom. The molecule has 26 heavy (non-hydrogen) atoms. The lowest BCUT2D eigenvalue weighted by Gasteiger charge is -2.29. The Balaban J connectivity index is 1.79. The highest BCUT2D eigenvalue weighted by Crippen LogP contribution is 2.31. The maximum Gasteiger partial charge on any atom is 0.324 e. The van der Waals surface area contributed by atoms with Crippen molar-refractivity contribution < 1.29 is 14.4 Å². The second-order valence-corrected chi connectivity index (χ2v) is 7.73. The third-order valence-electron chi connectivity index (χ3n) is 3.78. The normalized spacial score (nSPS) is 13.6. The first-order valence-electron chi connectivity index (χ1n) is 7.89. The molecule has 0 radical (unpaired) electrons. The van der Waals surface area contributed by atoms with Gasteiger partial charge in [0.15, 0.2) is 0 Å². The number of hydrogen-bond acceptors (Lipinski definition) is 4. The molecule has 0 spiro atoms. The van der Waals surface area contributed by atoms with Crippen molar-refractivity contribution in [2.75, 3.05) is 10.6 Å². The Labute approximate surface area is 158 Å². The number of carbonyl (C=O) groups excluding carboxylic acids is 3. The molecule has 2 heterocycles. The Bertz CT molecular complexity index is 921. The van der Waals surface area contributed by atoms with Crippen molar-refractivity contribution >= 4 is 45.3 Å². The predicted molar refractivity (Wildman–Crippen MR) is 101 cm³/mol. The van der Waals surface area contributed by atoms with E-state index in [1.54, 1.807) is 51.2 Å². The molecular formula is C18H17BrN4O3. The number of amides is 4. The van der Waals surface area contributed by atoms with Gasteiger partial charge in [0.1, 0.15) is 5.82 Å². The van der Waals surface area contributed by atoms with Crippen LogP contribution in [0.15, 0.2) is 41.0 Å². The van der Waals surface area contributed by atoms with E-state index in [-0.39, 0.29) is 17.4 Å². The summed E-state index contributed by atoms with van der Waals surface area (Å²) in [7, 11) is 0. The van der Waals surface area contributed by atoms with Crippen molar-refractivity contribution in [2.24, 2.45) is 0 Å². The van der Waals surface area contributed by atoms with E-state index in [2.05, 4.69) is 31.5 Å². The number of carbonyl (C=O) groups is 3. The van der Waals surface area contributed by atoms with Crippen molar-refractivity contribution in [3.05, 3.63) is 52.1 Å². The highest BCUT2D eigenvalue weighted by molar-refractivity contribution is 9.10.